The number of carboxylic acid groups (broad SMARTS) is 1. The second-order valence-corrected chi connectivity index (χ2v) is 15.5. The van der Waals surface area contributed by atoms with Gasteiger partial charge >= 0.3 is 0 Å². The molecule has 0 aromatic rings. The summed E-state index contributed by atoms with van der Waals surface area (Å²) in [4.78, 5) is 10.0. The summed E-state index contributed by atoms with van der Waals surface area (Å²) in [7, 11) is 0. The fourth-order valence-electron chi connectivity index (χ4n) is 6.64. The third-order valence-corrected chi connectivity index (χ3v) is 10.1. The zero-order chi connectivity index (χ0) is 37.3. The van der Waals surface area contributed by atoms with E-state index in [0.717, 1.165) is 25.9 Å². The van der Waals surface area contributed by atoms with Gasteiger partial charge in [-0.3, -0.25) is 0 Å². The van der Waals surface area contributed by atoms with E-state index < -0.39 is 5.97 Å². The van der Waals surface area contributed by atoms with E-state index in [9.17, 15) is 9.90 Å². The highest BCUT2D eigenvalue weighted by molar-refractivity contribution is 5.64. The molecule has 304 valence electrons. The molecule has 0 atom stereocenters. The maximum absolute atomic E-state index is 10.0. The molecule has 4 nitrogen and oxygen atoms in total. The maximum atomic E-state index is 10.0. The van der Waals surface area contributed by atoms with Crippen LogP contribution < -0.4 is 16.6 Å². The second kappa shape index (κ2) is 55.2. The molecule has 0 saturated carbocycles. The van der Waals surface area contributed by atoms with E-state index in [0.29, 0.717) is 0 Å². The highest BCUT2D eigenvalue weighted by atomic mass is 16.4. The number of unbranched alkanes of at least 4 members (excludes halogenated alkanes) is 36. The molecular formula is C46H98N2O2. The van der Waals surface area contributed by atoms with Crippen molar-refractivity contribution in [3.63, 3.8) is 0 Å². The number of hydrogen-bond donors (Lipinski definition) is 2. The fraction of sp³-hybridized carbons (Fsp3) is 0.978. The molecule has 0 aromatic heterocycles. The Morgan fingerprint density at radius 3 is 0.760 bits per heavy atom. The summed E-state index contributed by atoms with van der Waals surface area (Å²) < 4.78 is 0. The molecule has 0 unspecified atom stereocenters. The third kappa shape index (κ3) is 62.5. The summed E-state index contributed by atoms with van der Waals surface area (Å²) in [6.45, 7) is 8.77. The first-order valence-electron chi connectivity index (χ1n) is 23.3. The molecule has 0 spiro atoms. The standard InChI is InChI=1S/2C18H39N.C10H20O2/c2*1-2-3-4-5-6-7-8-9-10-11-12-13-14-15-16-17-18-19;1-2-3-4-5-6-7-8-9-10(11)12/h2*2-19H2,1H3;2-9H2,1H3,(H,11,12). The largest absolute Gasteiger partial charge is 0.550 e. The van der Waals surface area contributed by atoms with Crippen molar-refractivity contribution in [2.45, 2.75) is 278 Å². The van der Waals surface area contributed by atoms with Crippen LogP contribution in [0.25, 0.3) is 0 Å². The Labute approximate surface area is 317 Å². The van der Waals surface area contributed by atoms with Crippen LogP contribution in [0.1, 0.15) is 278 Å². The maximum Gasteiger partial charge on any atom is 0.0739 e. The van der Waals surface area contributed by atoms with Crippen LogP contribution >= 0.6 is 0 Å². The first-order chi connectivity index (χ1) is 24.6. The lowest BCUT2D eigenvalue weighted by Gasteiger charge is -2.03. The summed E-state index contributed by atoms with van der Waals surface area (Å²) in [6.07, 6.45) is 54.4. The molecule has 0 aromatic carbocycles. The van der Waals surface area contributed by atoms with Crippen molar-refractivity contribution in [2.75, 3.05) is 13.1 Å². The van der Waals surface area contributed by atoms with E-state index in [4.69, 9.17) is 5.73 Å². The fourth-order valence-corrected chi connectivity index (χ4v) is 6.64. The number of carboxylic acids is 1. The van der Waals surface area contributed by atoms with Crippen molar-refractivity contribution >= 4 is 5.97 Å². The molecule has 0 aliphatic heterocycles. The lowest BCUT2D eigenvalue weighted by molar-refractivity contribution is -0.368. The number of hydrogen-bond acceptors (Lipinski definition) is 3. The molecule has 0 saturated heterocycles. The molecule has 0 radical (unpaired) electrons. The molecule has 0 aliphatic carbocycles. The molecule has 0 rings (SSSR count). The van der Waals surface area contributed by atoms with Crippen molar-refractivity contribution in [2.24, 2.45) is 5.73 Å². The lowest BCUT2D eigenvalue weighted by Crippen LogP contribution is -2.50. The Hall–Kier alpha value is -0.610. The zero-order valence-corrected chi connectivity index (χ0v) is 35.3. The van der Waals surface area contributed by atoms with E-state index in [-0.39, 0.29) is 6.42 Å². The minimum atomic E-state index is -0.913. The third-order valence-electron chi connectivity index (χ3n) is 10.1. The van der Waals surface area contributed by atoms with E-state index in [1.807, 2.05) is 0 Å². The Bertz CT molecular complexity index is 490. The Morgan fingerprint density at radius 1 is 0.360 bits per heavy atom. The van der Waals surface area contributed by atoms with Crippen molar-refractivity contribution in [3.05, 3.63) is 0 Å². The number of carbonyl (C=O) groups excluding carboxylic acids is 1. The van der Waals surface area contributed by atoms with Crippen molar-refractivity contribution in [1.29, 1.82) is 0 Å². The van der Waals surface area contributed by atoms with Crippen LogP contribution in [-0.4, -0.2) is 19.1 Å². The number of carbonyl (C=O) groups is 1. The topological polar surface area (TPSA) is 93.8 Å². The van der Waals surface area contributed by atoms with Crippen molar-refractivity contribution in [1.82, 2.24) is 0 Å². The van der Waals surface area contributed by atoms with Crippen LogP contribution in [0.4, 0.5) is 0 Å². The Kier molecular flexibility index (Phi) is 59.3. The summed E-state index contributed by atoms with van der Waals surface area (Å²) in [5, 5.41) is 10.0. The molecule has 4 heteroatoms. The van der Waals surface area contributed by atoms with Gasteiger partial charge < -0.3 is 21.4 Å². The van der Waals surface area contributed by atoms with Gasteiger partial charge in [0.2, 0.25) is 0 Å². The normalized spacial score (nSPS) is 10.8. The van der Waals surface area contributed by atoms with E-state index >= 15 is 0 Å². The predicted molar refractivity (Wildman–Crippen MR) is 224 cm³/mol. The van der Waals surface area contributed by atoms with Gasteiger partial charge in [-0.2, -0.15) is 0 Å². The monoisotopic (exact) mass is 711 g/mol. The summed E-state index contributed by atoms with van der Waals surface area (Å²) in [5.41, 5.74) is 9.37. The van der Waals surface area contributed by atoms with Gasteiger partial charge in [-0.05, 0) is 38.6 Å². The highest BCUT2D eigenvalue weighted by Crippen LogP contribution is 2.15. The van der Waals surface area contributed by atoms with Gasteiger partial charge in [0.15, 0.2) is 0 Å². The molecule has 0 fully saturated rings. The number of nitrogens with two attached hydrogens (primary N) is 1. The van der Waals surface area contributed by atoms with E-state index in [1.165, 1.54) is 238 Å². The summed E-state index contributed by atoms with van der Waals surface area (Å²) in [6, 6.07) is 0. The van der Waals surface area contributed by atoms with Gasteiger partial charge in [-0.25, -0.2) is 0 Å². The van der Waals surface area contributed by atoms with E-state index in [1.54, 1.807) is 0 Å². The highest BCUT2D eigenvalue weighted by Gasteiger charge is 1.96. The van der Waals surface area contributed by atoms with Gasteiger partial charge in [-0.15, -0.1) is 0 Å². The summed E-state index contributed by atoms with van der Waals surface area (Å²) >= 11 is 0. The molecule has 0 aliphatic rings. The molecule has 0 heterocycles. The molecule has 50 heavy (non-hydrogen) atoms. The van der Waals surface area contributed by atoms with Crippen molar-refractivity contribution in [3.8, 4) is 0 Å². The summed E-state index contributed by atoms with van der Waals surface area (Å²) in [5.74, 6) is -0.913. The first-order valence-corrected chi connectivity index (χ1v) is 23.3. The Morgan fingerprint density at radius 2 is 0.560 bits per heavy atom. The zero-order valence-electron chi connectivity index (χ0n) is 35.3. The smallest absolute Gasteiger partial charge is 0.0739 e. The molecular weight excluding hydrogens is 613 g/mol. The molecule has 0 amide bonds. The average molecular weight is 711 g/mol. The van der Waals surface area contributed by atoms with Crippen molar-refractivity contribution < 1.29 is 15.6 Å². The van der Waals surface area contributed by atoms with Gasteiger partial charge in [-0.1, -0.05) is 245 Å². The predicted octanol–water partition coefficient (Wildman–Crippen LogP) is 13.6. The number of aliphatic carboxylic acids is 1. The quantitative estimate of drug-likeness (QED) is 0.0620. The lowest BCUT2D eigenvalue weighted by atomic mass is 10.0. The van der Waals surface area contributed by atoms with Crippen LogP contribution in [0.5, 0.6) is 0 Å². The minimum Gasteiger partial charge on any atom is -0.550 e. The Balaban J connectivity index is -0.000000682. The van der Waals surface area contributed by atoms with Crippen LogP contribution in [0.3, 0.4) is 0 Å². The average Bonchev–Trinajstić information content (AvgIpc) is 3.11. The van der Waals surface area contributed by atoms with E-state index in [2.05, 4.69) is 26.5 Å². The number of quaternary nitrogens is 1. The molecule has 0 bridgehead atoms. The van der Waals surface area contributed by atoms with Gasteiger partial charge in [0.1, 0.15) is 0 Å². The SMILES string of the molecule is CCCCCCCCCC(=O)[O-].CCCCCCCCCCCCCCCCCCN.CCCCCCCCCCCCCCCCCC[NH3+]. The van der Waals surface area contributed by atoms with Gasteiger partial charge in [0.05, 0.1) is 6.54 Å². The van der Waals surface area contributed by atoms with Crippen LogP contribution in [0, 0.1) is 0 Å². The van der Waals surface area contributed by atoms with Gasteiger partial charge in [0.25, 0.3) is 0 Å². The van der Waals surface area contributed by atoms with Crippen LogP contribution in [-0.2, 0) is 4.79 Å². The van der Waals surface area contributed by atoms with Crippen LogP contribution in [0.2, 0.25) is 0 Å². The number of rotatable bonds is 40. The second-order valence-electron chi connectivity index (χ2n) is 15.5. The minimum absolute atomic E-state index is 0.230. The van der Waals surface area contributed by atoms with Crippen LogP contribution in [0.15, 0.2) is 0 Å². The van der Waals surface area contributed by atoms with Gasteiger partial charge in [0, 0.05) is 5.97 Å². The molecule has 5 N–H and O–H groups in total. The first kappa shape index (κ1) is 53.7.